The Labute approximate surface area is 146 Å². The minimum atomic E-state index is -0.794. The van der Waals surface area contributed by atoms with E-state index in [1.165, 1.54) is 0 Å². The average Bonchev–Trinajstić information content (AvgIpc) is 2.57. The van der Waals surface area contributed by atoms with E-state index in [4.69, 9.17) is 9.47 Å². The van der Waals surface area contributed by atoms with Gasteiger partial charge in [-0.15, -0.1) is 0 Å². The number of rotatable bonds is 11. The topological polar surface area (TPSA) is 50.8 Å². The number of hydrogen-bond acceptors (Lipinski definition) is 4. The zero-order valence-corrected chi connectivity index (χ0v) is 15.7. The van der Waals surface area contributed by atoms with E-state index in [0.717, 1.165) is 30.8 Å². The minimum absolute atomic E-state index is 0.113. The van der Waals surface area contributed by atoms with Crippen LogP contribution in [0, 0.1) is 0 Å². The molecule has 136 valence electrons. The normalized spacial score (nSPS) is 13.6. The van der Waals surface area contributed by atoms with Crippen molar-refractivity contribution in [3.63, 3.8) is 0 Å². The van der Waals surface area contributed by atoms with Crippen LogP contribution in [0.15, 0.2) is 24.3 Å². The Balaban J connectivity index is 2.52. The van der Waals surface area contributed by atoms with Crippen molar-refractivity contribution in [3.8, 4) is 5.75 Å². The summed E-state index contributed by atoms with van der Waals surface area (Å²) in [4.78, 5) is 14.6. The second-order valence-electron chi connectivity index (χ2n) is 6.42. The van der Waals surface area contributed by atoms with E-state index in [0.29, 0.717) is 19.6 Å². The molecule has 0 aliphatic carbocycles. The van der Waals surface area contributed by atoms with Crippen molar-refractivity contribution in [2.75, 3.05) is 39.2 Å². The van der Waals surface area contributed by atoms with Crippen molar-refractivity contribution in [3.05, 3.63) is 24.3 Å². The molecular weight excluding hydrogens is 304 g/mol. The highest BCUT2D eigenvalue weighted by molar-refractivity contribution is 5.97. The molecule has 1 N–H and O–H groups in total. The molecule has 0 unspecified atom stereocenters. The van der Waals surface area contributed by atoms with Gasteiger partial charge in [0.15, 0.2) is 0 Å². The molecule has 0 saturated heterocycles. The summed E-state index contributed by atoms with van der Waals surface area (Å²) in [5.41, 5.74) is -0.0439. The zero-order chi connectivity index (χ0) is 18.0. The average molecular weight is 336 g/mol. The van der Waals surface area contributed by atoms with Gasteiger partial charge >= 0.3 is 0 Å². The largest absolute Gasteiger partial charge is 0.494 e. The monoisotopic (exact) mass is 336 g/mol. The van der Waals surface area contributed by atoms with Gasteiger partial charge in [0.2, 0.25) is 0 Å². The van der Waals surface area contributed by atoms with E-state index < -0.39 is 5.60 Å². The van der Waals surface area contributed by atoms with Gasteiger partial charge in [0.1, 0.15) is 11.4 Å². The maximum Gasteiger partial charge on any atom is 0.256 e. The van der Waals surface area contributed by atoms with Crippen LogP contribution in [-0.4, -0.2) is 50.3 Å². The number of ether oxygens (including phenoxy) is 2. The molecule has 24 heavy (non-hydrogen) atoms. The third kappa shape index (κ3) is 6.89. The Bertz CT molecular complexity index is 488. The molecule has 0 aromatic heterocycles. The number of hydrogen-bond donors (Lipinski definition) is 1. The van der Waals surface area contributed by atoms with Crippen LogP contribution in [0.2, 0.25) is 0 Å². The fourth-order valence-electron chi connectivity index (χ4n) is 2.12. The number of benzene rings is 1. The van der Waals surface area contributed by atoms with Crippen LogP contribution < -0.4 is 10.1 Å². The van der Waals surface area contributed by atoms with Crippen molar-refractivity contribution in [1.29, 1.82) is 0 Å². The Morgan fingerprint density at radius 2 is 1.83 bits per heavy atom. The van der Waals surface area contributed by atoms with E-state index in [2.05, 4.69) is 10.2 Å². The van der Waals surface area contributed by atoms with Crippen LogP contribution in [0.3, 0.4) is 0 Å². The van der Waals surface area contributed by atoms with Gasteiger partial charge in [-0.25, -0.2) is 0 Å². The smallest absolute Gasteiger partial charge is 0.256 e. The lowest BCUT2D eigenvalue weighted by molar-refractivity contribution is -0.139. The molecule has 0 heterocycles. The van der Waals surface area contributed by atoms with Gasteiger partial charge in [0, 0.05) is 18.8 Å². The SMILES string of the molecule is CCCO[C@@](C)(CC)C(=O)Nc1ccc(OCCCN(C)C)cc1. The summed E-state index contributed by atoms with van der Waals surface area (Å²) in [6.07, 6.45) is 2.50. The van der Waals surface area contributed by atoms with E-state index in [9.17, 15) is 4.79 Å². The molecule has 1 rings (SSSR count). The van der Waals surface area contributed by atoms with Crippen LogP contribution in [0.1, 0.15) is 40.0 Å². The van der Waals surface area contributed by atoms with E-state index in [1.807, 2.05) is 59.1 Å². The highest BCUT2D eigenvalue weighted by atomic mass is 16.5. The quantitative estimate of drug-likeness (QED) is 0.628. The van der Waals surface area contributed by atoms with Crippen molar-refractivity contribution >= 4 is 11.6 Å². The third-order valence-corrected chi connectivity index (χ3v) is 3.91. The van der Waals surface area contributed by atoms with Gasteiger partial charge in [0.05, 0.1) is 6.61 Å². The summed E-state index contributed by atoms with van der Waals surface area (Å²) < 4.78 is 11.4. The van der Waals surface area contributed by atoms with Gasteiger partial charge < -0.3 is 19.7 Å². The molecule has 0 spiro atoms. The number of nitrogens with zero attached hydrogens (tertiary/aromatic N) is 1. The van der Waals surface area contributed by atoms with Crippen LogP contribution in [0.5, 0.6) is 5.75 Å². The summed E-state index contributed by atoms with van der Waals surface area (Å²) in [5.74, 6) is 0.699. The van der Waals surface area contributed by atoms with Gasteiger partial charge in [0.25, 0.3) is 5.91 Å². The summed E-state index contributed by atoms with van der Waals surface area (Å²) in [7, 11) is 4.09. The van der Waals surface area contributed by atoms with Crippen LogP contribution in [-0.2, 0) is 9.53 Å². The standard InChI is InChI=1S/C19H32N2O3/c1-6-14-24-19(3,7-2)18(22)20-16-9-11-17(12-10-16)23-15-8-13-21(4)5/h9-12H,6-8,13-15H2,1-5H3,(H,20,22)/t19-/m0/s1. The highest BCUT2D eigenvalue weighted by Gasteiger charge is 2.32. The Kier molecular flexibility index (Phi) is 8.79. The van der Waals surface area contributed by atoms with Crippen molar-refractivity contribution in [1.82, 2.24) is 4.90 Å². The van der Waals surface area contributed by atoms with E-state index in [-0.39, 0.29) is 5.91 Å². The van der Waals surface area contributed by atoms with Gasteiger partial charge in [-0.3, -0.25) is 4.79 Å². The van der Waals surface area contributed by atoms with Crippen molar-refractivity contribution in [2.45, 2.75) is 45.6 Å². The summed E-state index contributed by atoms with van der Waals surface area (Å²) >= 11 is 0. The fourth-order valence-corrected chi connectivity index (χ4v) is 2.12. The number of carbonyl (C=O) groups excluding carboxylic acids is 1. The predicted octanol–water partition coefficient (Wildman–Crippen LogP) is 3.55. The fraction of sp³-hybridized carbons (Fsp3) is 0.632. The molecule has 5 nitrogen and oxygen atoms in total. The highest BCUT2D eigenvalue weighted by Crippen LogP contribution is 2.21. The van der Waals surface area contributed by atoms with Gasteiger partial charge in [-0.1, -0.05) is 13.8 Å². The predicted molar refractivity (Wildman–Crippen MR) is 98.7 cm³/mol. The molecular formula is C19H32N2O3. The second kappa shape index (κ2) is 10.3. The Morgan fingerprint density at radius 1 is 1.17 bits per heavy atom. The molecule has 0 bridgehead atoms. The molecule has 0 aliphatic rings. The summed E-state index contributed by atoms with van der Waals surface area (Å²) in [6, 6.07) is 7.47. The second-order valence-corrected chi connectivity index (χ2v) is 6.42. The zero-order valence-electron chi connectivity index (χ0n) is 15.7. The van der Waals surface area contributed by atoms with E-state index in [1.54, 1.807) is 0 Å². The summed E-state index contributed by atoms with van der Waals surface area (Å²) in [6.45, 7) is 8.09. The van der Waals surface area contributed by atoms with Gasteiger partial charge in [-0.2, -0.15) is 0 Å². The maximum absolute atomic E-state index is 12.5. The van der Waals surface area contributed by atoms with Crippen LogP contribution in [0.4, 0.5) is 5.69 Å². The minimum Gasteiger partial charge on any atom is -0.494 e. The first kappa shape index (κ1) is 20.5. The summed E-state index contributed by atoms with van der Waals surface area (Å²) in [5, 5.41) is 2.93. The molecule has 1 amide bonds. The first-order valence-corrected chi connectivity index (χ1v) is 8.74. The molecule has 0 saturated carbocycles. The van der Waals surface area contributed by atoms with Crippen molar-refractivity contribution < 1.29 is 14.3 Å². The van der Waals surface area contributed by atoms with Crippen molar-refractivity contribution in [2.24, 2.45) is 0 Å². The van der Waals surface area contributed by atoms with Gasteiger partial charge in [-0.05, 0) is 64.5 Å². The molecule has 1 aromatic rings. The number of amides is 1. The van der Waals surface area contributed by atoms with Crippen LogP contribution >= 0.6 is 0 Å². The molecule has 0 aliphatic heterocycles. The molecule has 0 fully saturated rings. The number of nitrogens with one attached hydrogen (secondary N) is 1. The Morgan fingerprint density at radius 3 is 2.38 bits per heavy atom. The lowest BCUT2D eigenvalue weighted by Crippen LogP contribution is -2.42. The van der Waals surface area contributed by atoms with Crippen LogP contribution in [0.25, 0.3) is 0 Å². The van der Waals surface area contributed by atoms with E-state index >= 15 is 0 Å². The maximum atomic E-state index is 12.5. The molecule has 5 heteroatoms. The molecule has 0 radical (unpaired) electrons. The molecule has 1 aromatic carbocycles. The number of carbonyl (C=O) groups is 1. The lowest BCUT2D eigenvalue weighted by atomic mass is 10.0. The third-order valence-electron chi connectivity index (χ3n) is 3.91. The first-order chi connectivity index (χ1) is 11.4. The Hall–Kier alpha value is -1.59. The lowest BCUT2D eigenvalue weighted by Gasteiger charge is -2.27. The first-order valence-electron chi connectivity index (χ1n) is 8.74. The number of anilines is 1. The molecule has 1 atom stereocenters.